The second-order valence-corrected chi connectivity index (χ2v) is 4.37. The number of aryl methyl sites for hydroxylation is 1. The molecule has 0 amide bonds. The summed E-state index contributed by atoms with van der Waals surface area (Å²) in [7, 11) is 0. The maximum absolute atomic E-state index is 8.35. The predicted octanol–water partition coefficient (Wildman–Crippen LogP) is 4.04. The Morgan fingerprint density at radius 3 is 2.05 bits per heavy atom. The van der Waals surface area contributed by atoms with E-state index in [2.05, 4.69) is 37.3 Å². The van der Waals surface area contributed by atoms with Crippen LogP contribution in [0.4, 0.5) is 0 Å². The highest BCUT2D eigenvalue weighted by atomic mass is 35.5. The molecule has 0 heterocycles. The lowest BCUT2D eigenvalue weighted by molar-refractivity contribution is 0.562. The molecule has 0 aliphatic carbocycles. The molecule has 0 bridgehead atoms. The van der Waals surface area contributed by atoms with Gasteiger partial charge in [-0.05, 0) is 42.2 Å². The van der Waals surface area contributed by atoms with Crippen LogP contribution >= 0.6 is 11.6 Å². The molecule has 0 saturated heterocycles. The Balaban J connectivity index is 0.000000578. The highest BCUT2D eigenvalue weighted by Gasteiger charge is 2.00. The first-order valence-corrected chi connectivity index (χ1v) is 6.33. The van der Waals surface area contributed by atoms with E-state index in [-0.39, 0.29) is 0 Å². The smallest absolute Gasteiger partial charge is 0.222 e. The molecule has 0 unspecified atom stereocenters. The standard InChI is InChI=1S/C14H13Cl.2CHNO/c1-11-7-8-14(15)10-13(11)9-12-5-3-2-4-6-12;2*2-1-3/h2-8,10H,9H2,1H3;2*2H. The summed E-state index contributed by atoms with van der Waals surface area (Å²) in [6, 6.07) is 16.5. The first-order valence-electron chi connectivity index (χ1n) is 5.95. The monoisotopic (exact) mass is 302 g/mol. The number of nitrogens with one attached hydrogen (secondary N) is 2. The van der Waals surface area contributed by atoms with Gasteiger partial charge in [0.2, 0.25) is 12.2 Å². The molecule has 0 spiro atoms. The van der Waals surface area contributed by atoms with Crippen LogP contribution in [-0.4, -0.2) is 12.2 Å². The van der Waals surface area contributed by atoms with Crippen molar-refractivity contribution in [2.24, 2.45) is 0 Å². The number of hydrogen-bond donors (Lipinski definition) is 2. The van der Waals surface area contributed by atoms with Crippen molar-refractivity contribution in [1.29, 1.82) is 10.8 Å². The quantitative estimate of drug-likeness (QED) is 0.648. The highest BCUT2D eigenvalue weighted by Crippen LogP contribution is 2.18. The number of isocyanates is 2. The van der Waals surface area contributed by atoms with Gasteiger partial charge >= 0.3 is 0 Å². The van der Waals surface area contributed by atoms with Crippen molar-refractivity contribution in [3.63, 3.8) is 0 Å². The SMILES string of the molecule is Cc1ccc(Cl)cc1Cc1ccccc1.N=C=O.N=C=O. The normalized spacial score (nSPS) is 8.10. The second-order valence-electron chi connectivity index (χ2n) is 3.94. The van der Waals surface area contributed by atoms with Crippen LogP contribution in [0.15, 0.2) is 48.5 Å². The van der Waals surface area contributed by atoms with E-state index in [1.54, 1.807) is 0 Å². The molecule has 5 heteroatoms. The molecule has 108 valence electrons. The van der Waals surface area contributed by atoms with E-state index in [0.717, 1.165) is 23.6 Å². The van der Waals surface area contributed by atoms with Crippen molar-refractivity contribution in [2.75, 3.05) is 0 Å². The van der Waals surface area contributed by atoms with Crippen molar-refractivity contribution in [3.05, 3.63) is 70.2 Å². The third-order valence-corrected chi connectivity index (χ3v) is 2.78. The fourth-order valence-electron chi connectivity index (χ4n) is 1.65. The summed E-state index contributed by atoms with van der Waals surface area (Å²) in [5.41, 5.74) is 3.92. The Hall–Kier alpha value is -2.51. The minimum Gasteiger partial charge on any atom is -0.222 e. The first-order chi connectivity index (χ1) is 10.1. The molecule has 4 nitrogen and oxygen atoms in total. The van der Waals surface area contributed by atoms with E-state index in [1.807, 2.05) is 18.2 Å². The van der Waals surface area contributed by atoms with E-state index in [9.17, 15) is 0 Å². The van der Waals surface area contributed by atoms with Gasteiger partial charge in [0, 0.05) is 5.02 Å². The third-order valence-electron chi connectivity index (χ3n) is 2.55. The highest BCUT2D eigenvalue weighted by molar-refractivity contribution is 6.30. The predicted molar refractivity (Wildman–Crippen MR) is 82.3 cm³/mol. The van der Waals surface area contributed by atoms with Crippen LogP contribution < -0.4 is 0 Å². The fraction of sp³-hybridized carbons (Fsp3) is 0.125. The molecule has 0 aliphatic heterocycles. The molecule has 0 aromatic heterocycles. The number of benzene rings is 2. The summed E-state index contributed by atoms with van der Waals surface area (Å²) < 4.78 is 0. The van der Waals surface area contributed by atoms with Gasteiger partial charge < -0.3 is 0 Å². The largest absolute Gasteiger partial charge is 0.231 e. The number of carbonyl (C=O) groups excluding carboxylic acids is 2. The van der Waals surface area contributed by atoms with Crippen molar-refractivity contribution < 1.29 is 9.59 Å². The van der Waals surface area contributed by atoms with Crippen LogP contribution in [0.3, 0.4) is 0 Å². The number of hydrogen-bond acceptors (Lipinski definition) is 4. The van der Waals surface area contributed by atoms with E-state index >= 15 is 0 Å². The lowest BCUT2D eigenvalue weighted by Gasteiger charge is -2.06. The summed E-state index contributed by atoms with van der Waals surface area (Å²) in [5, 5.41) is 11.6. The molecule has 0 fully saturated rings. The zero-order valence-electron chi connectivity index (χ0n) is 11.5. The Bertz CT molecular complexity index is 603. The minimum absolute atomic E-state index is 0.750. The Morgan fingerprint density at radius 1 is 1.00 bits per heavy atom. The van der Waals surface area contributed by atoms with E-state index in [0.29, 0.717) is 0 Å². The van der Waals surface area contributed by atoms with Gasteiger partial charge in [-0.15, -0.1) is 0 Å². The average Bonchev–Trinajstić information content (AvgIpc) is 2.46. The minimum atomic E-state index is 0.750. The lowest BCUT2D eigenvalue weighted by atomic mass is 10.0. The Labute approximate surface area is 128 Å². The molecule has 0 atom stereocenters. The van der Waals surface area contributed by atoms with Crippen molar-refractivity contribution in [3.8, 4) is 0 Å². The van der Waals surface area contributed by atoms with Crippen LogP contribution in [-0.2, 0) is 16.0 Å². The van der Waals surface area contributed by atoms with Crippen LogP contribution in [0.2, 0.25) is 5.02 Å². The summed E-state index contributed by atoms with van der Waals surface area (Å²) in [4.78, 5) is 16.7. The van der Waals surface area contributed by atoms with E-state index < -0.39 is 0 Å². The maximum Gasteiger partial charge on any atom is 0.231 e. The Morgan fingerprint density at radius 2 is 1.52 bits per heavy atom. The van der Waals surface area contributed by atoms with Gasteiger partial charge in [0.15, 0.2) is 0 Å². The average molecular weight is 303 g/mol. The summed E-state index contributed by atoms with van der Waals surface area (Å²) >= 11 is 5.98. The lowest BCUT2D eigenvalue weighted by Crippen LogP contribution is -1.91. The fourth-order valence-corrected chi connectivity index (χ4v) is 1.84. The van der Waals surface area contributed by atoms with Gasteiger partial charge in [-0.1, -0.05) is 48.0 Å². The zero-order valence-corrected chi connectivity index (χ0v) is 12.3. The van der Waals surface area contributed by atoms with Crippen LogP contribution in [0, 0.1) is 17.7 Å². The molecule has 2 rings (SSSR count). The van der Waals surface area contributed by atoms with Crippen LogP contribution in [0.5, 0.6) is 0 Å². The first kappa shape index (κ1) is 18.5. The molecule has 0 aliphatic rings. The van der Waals surface area contributed by atoms with Gasteiger partial charge in [-0.2, -0.15) is 0 Å². The second kappa shape index (κ2) is 11.3. The molecule has 2 aromatic carbocycles. The molecule has 0 saturated carbocycles. The molecular weight excluding hydrogens is 288 g/mol. The summed E-state index contributed by atoms with van der Waals surface area (Å²) in [6.07, 6.45) is 2.45. The molecule has 0 radical (unpaired) electrons. The van der Waals surface area contributed by atoms with Gasteiger partial charge in [0.25, 0.3) is 0 Å². The van der Waals surface area contributed by atoms with E-state index in [4.69, 9.17) is 32.0 Å². The number of rotatable bonds is 2. The van der Waals surface area contributed by atoms with Crippen LogP contribution in [0.1, 0.15) is 16.7 Å². The third kappa shape index (κ3) is 8.30. The molecule has 2 N–H and O–H groups in total. The maximum atomic E-state index is 8.35. The van der Waals surface area contributed by atoms with Crippen molar-refractivity contribution >= 4 is 23.8 Å². The Kier molecular flexibility index (Phi) is 9.97. The number of halogens is 1. The van der Waals surface area contributed by atoms with Crippen molar-refractivity contribution in [1.82, 2.24) is 0 Å². The van der Waals surface area contributed by atoms with Gasteiger partial charge in [-0.3, -0.25) is 0 Å². The molecular formula is C16H15ClN2O2. The molecule has 2 aromatic rings. The summed E-state index contributed by atoms with van der Waals surface area (Å²) in [6.45, 7) is 2.12. The summed E-state index contributed by atoms with van der Waals surface area (Å²) in [5.74, 6) is 0. The van der Waals surface area contributed by atoms with E-state index in [1.165, 1.54) is 16.7 Å². The topological polar surface area (TPSA) is 81.8 Å². The van der Waals surface area contributed by atoms with Crippen LogP contribution in [0.25, 0.3) is 0 Å². The molecule has 21 heavy (non-hydrogen) atoms. The van der Waals surface area contributed by atoms with Gasteiger partial charge in [0.05, 0.1) is 0 Å². The zero-order chi connectivity index (χ0) is 16.1. The van der Waals surface area contributed by atoms with Gasteiger partial charge in [-0.25, -0.2) is 20.4 Å². The van der Waals surface area contributed by atoms with Gasteiger partial charge in [0.1, 0.15) is 0 Å². The van der Waals surface area contributed by atoms with Crippen molar-refractivity contribution in [2.45, 2.75) is 13.3 Å².